The monoisotopic (exact) mass is 388 g/mol. The molecular weight excluding hydrogens is 368 g/mol. The molecule has 2 aromatic heterocycles. The fraction of sp³-hybridized carbons (Fsp3) is 0.182. The minimum atomic E-state index is -0.211. The molecule has 0 fully saturated rings. The fourth-order valence-electron chi connectivity index (χ4n) is 3.33. The zero-order chi connectivity index (χ0) is 20.5. The van der Waals surface area contributed by atoms with Crippen molar-refractivity contribution in [2.45, 2.75) is 27.3 Å². The highest BCUT2D eigenvalue weighted by Gasteiger charge is 2.13. The Kier molecular flexibility index (Phi) is 4.72. The normalized spacial score (nSPS) is 11.0. The Hall–Kier alpha value is -3.74. The van der Waals surface area contributed by atoms with E-state index in [1.807, 2.05) is 32.0 Å². The molecule has 1 N–H and O–H groups in total. The van der Waals surface area contributed by atoms with Gasteiger partial charge in [-0.3, -0.25) is 14.2 Å². The van der Waals surface area contributed by atoms with Crippen LogP contribution < -0.4 is 10.9 Å². The summed E-state index contributed by atoms with van der Waals surface area (Å²) in [5, 5.41) is 7.31. The van der Waals surface area contributed by atoms with Gasteiger partial charge in [0, 0.05) is 17.7 Å². The average Bonchev–Trinajstić information content (AvgIpc) is 3.04. The minimum absolute atomic E-state index is 0.135. The van der Waals surface area contributed by atoms with Crippen molar-refractivity contribution in [3.63, 3.8) is 0 Å². The maximum absolute atomic E-state index is 12.9. The second kappa shape index (κ2) is 7.35. The summed E-state index contributed by atoms with van der Waals surface area (Å²) in [5.41, 5.74) is 3.33. The van der Waals surface area contributed by atoms with Crippen LogP contribution in [-0.2, 0) is 6.54 Å². The van der Waals surface area contributed by atoms with Gasteiger partial charge in [-0.05, 0) is 57.2 Å². The maximum Gasteiger partial charge on any atom is 0.265 e. The van der Waals surface area contributed by atoms with E-state index in [4.69, 9.17) is 4.52 Å². The molecule has 0 bridgehead atoms. The van der Waals surface area contributed by atoms with E-state index in [1.54, 1.807) is 41.8 Å². The van der Waals surface area contributed by atoms with Crippen LogP contribution in [-0.4, -0.2) is 20.6 Å². The molecule has 0 saturated carbocycles. The largest absolute Gasteiger partial charge is 0.361 e. The first-order valence-electron chi connectivity index (χ1n) is 9.24. The second-order valence-electron chi connectivity index (χ2n) is 6.85. The summed E-state index contributed by atoms with van der Waals surface area (Å²) in [5.74, 6) is 1.07. The lowest BCUT2D eigenvalue weighted by Gasteiger charge is -2.11. The van der Waals surface area contributed by atoms with Gasteiger partial charge in [-0.1, -0.05) is 17.3 Å². The van der Waals surface area contributed by atoms with Gasteiger partial charge >= 0.3 is 0 Å². The van der Waals surface area contributed by atoms with Crippen molar-refractivity contribution in [1.82, 2.24) is 20.0 Å². The Bertz CT molecular complexity index is 1250. The van der Waals surface area contributed by atoms with E-state index in [0.717, 1.165) is 11.3 Å². The molecule has 4 rings (SSSR count). The summed E-state index contributed by atoms with van der Waals surface area (Å²) < 4.78 is 6.66. The van der Waals surface area contributed by atoms with E-state index in [2.05, 4.69) is 15.5 Å². The summed E-state index contributed by atoms with van der Waals surface area (Å²) in [6.07, 6.45) is 0. The third-order valence-corrected chi connectivity index (χ3v) is 4.94. The molecule has 0 saturated heterocycles. The van der Waals surface area contributed by atoms with Gasteiger partial charge in [-0.2, -0.15) is 0 Å². The highest BCUT2D eigenvalue weighted by molar-refractivity contribution is 5.94. The molecule has 2 heterocycles. The fourth-order valence-corrected chi connectivity index (χ4v) is 3.33. The van der Waals surface area contributed by atoms with Crippen molar-refractivity contribution in [3.8, 4) is 5.69 Å². The molecular formula is C22H20N4O3. The van der Waals surface area contributed by atoms with Crippen LogP contribution >= 0.6 is 0 Å². The van der Waals surface area contributed by atoms with Crippen LogP contribution in [0.25, 0.3) is 16.6 Å². The van der Waals surface area contributed by atoms with Crippen LogP contribution in [0.4, 0.5) is 0 Å². The third-order valence-electron chi connectivity index (χ3n) is 4.94. The summed E-state index contributed by atoms with van der Waals surface area (Å²) in [7, 11) is 0. The summed E-state index contributed by atoms with van der Waals surface area (Å²) in [4.78, 5) is 29.9. The number of hydrogen-bond donors (Lipinski definition) is 1. The maximum atomic E-state index is 12.9. The first-order chi connectivity index (χ1) is 14.0. The molecule has 146 valence electrons. The Morgan fingerprint density at radius 1 is 1.07 bits per heavy atom. The molecule has 29 heavy (non-hydrogen) atoms. The summed E-state index contributed by atoms with van der Waals surface area (Å²) >= 11 is 0. The van der Waals surface area contributed by atoms with E-state index in [-0.39, 0.29) is 11.5 Å². The number of nitrogens with zero attached hydrogens (tertiary/aromatic N) is 3. The first kappa shape index (κ1) is 18.6. The topological polar surface area (TPSA) is 90.0 Å². The highest BCUT2D eigenvalue weighted by atomic mass is 16.5. The number of para-hydroxylation sites is 1. The number of nitrogens with one attached hydrogen (secondary N) is 1. The number of hydrogen-bond acceptors (Lipinski definition) is 5. The molecule has 4 aromatic rings. The molecule has 1 amide bonds. The second-order valence-corrected chi connectivity index (χ2v) is 6.85. The number of benzene rings is 2. The number of aromatic nitrogens is 3. The van der Waals surface area contributed by atoms with E-state index in [0.29, 0.717) is 40.3 Å². The molecule has 0 aliphatic heterocycles. The molecule has 2 aromatic carbocycles. The molecule has 0 aliphatic carbocycles. The van der Waals surface area contributed by atoms with Crippen LogP contribution in [0.15, 0.2) is 57.8 Å². The van der Waals surface area contributed by atoms with Gasteiger partial charge in [0.25, 0.3) is 11.5 Å². The van der Waals surface area contributed by atoms with Gasteiger partial charge in [0.1, 0.15) is 11.6 Å². The lowest BCUT2D eigenvalue weighted by atomic mass is 10.1. The summed E-state index contributed by atoms with van der Waals surface area (Å²) in [6, 6.07) is 14.1. The number of fused-ring (bicyclic) bond motifs is 1. The van der Waals surface area contributed by atoms with E-state index < -0.39 is 0 Å². The van der Waals surface area contributed by atoms with Crippen molar-refractivity contribution < 1.29 is 9.32 Å². The zero-order valence-corrected chi connectivity index (χ0v) is 16.4. The van der Waals surface area contributed by atoms with Crippen LogP contribution in [0, 0.1) is 20.8 Å². The molecule has 0 aliphatic rings. The van der Waals surface area contributed by atoms with Crippen molar-refractivity contribution in [3.05, 3.63) is 87.3 Å². The van der Waals surface area contributed by atoms with Crippen molar-refractivity contribution in [2.75, 3.05) is 0 Å². The van der Waals surface area contributed by atoms with Crippen molar-refractivity contribution in [1.29, 1.82) is 0 Å². The number of carbonyl (C=O) groups is 1. The first-order valence-corrected chi connectivity index (χ1v) is 9.24. The average molecular weight is 388 g/mol. The molecule has 7 heteroatoms. The lowest BCUT2D eigenvalue weighted by Crippen LogP contribution is -2.24. The highest BCUT2D eigenvalue weighted by Crippen LogP contribution is 2.15. The van der Waals surface area contributed by atoms with Gasteiger partial charge in [0.2, 0.25) is 0 Å². The van der Waals surface area contributed by atoms with Crippen molar-refractivity contribution in [2.24, 2.45) is 0 Å². The van der Waals surface area contributed by atoms with Gasteiger partial charge in [0.05, 0.1) is 22.3 Å². The van der Waals surface area contributed by atoms with Gasteiger partial charge in [0.15, 0.2) is 0 Å². The van der Waals surface area contributed by atoms with Crippen molar-refractivity contribution >= 4 is 16.8 Å². The van der Waals surface area contributed by atoms with Gasteiger partial charge < -0.3 is 9.84 Å². The van der Waals surface area contributed by atoms with Gasteiger partial charge in [-0.15, -0.1) is 0 Å². The van der Waals surface area contributed by atoms with Gasteiger partial charge in [-0.25, -0.2) is 4.98 Å². The minimum Gasteiger partial charge on any atom is -0.361 e. The smallest absolute Gasteiger partial charge is 0.265 e. The van der Waals surface area contributed by atoms with Crippen LogP contribution in [0.1, 0.15) is 33.2 Å². The molecule has 0 spiro atoms. The predicted molar refractivity (Wildman–Crippen MR) is 109 cm³/mol. The van der Waals surface area contributed by atoms with E-state index in [9.17, 15) is 9.59 Å². The number of carbonyl (C=O) groups excluding carboxylic acids is 1. The molecule has 0 radical (unpaired) electrons. The van der Waals surface area contributed by atoms with E-state index in [1.165, 1.54) is 0 Å². The molecule has 7 nitrogen and oxygen atoms in total. The van der Waals surface area contributed by atoms with Crippen LogP contribution in [0.2, 0.25) is 0 Å². The van der Waals surface area contributed by atoms with Crippen LogP contribution in [0.5, 0.6) is 0 Å². The van der Waals surface area contributed by atoms with E-state index >= 15 is 0 Å². The lowest BCUT2D eigenvalue weighted by molar-refractivity contribution is 0.0951. The Morgan fingerprint density at radius 3 is 2.48 bits per heavy atom. The molecule has 0 atom stereocenters. The predicted octanol–water partition coefficient (Wildman–Crippen LogP) is 3.23. The van der Waals surface area contributed by atoms with Crippen LogP contribution in [0.3, 0.4) is 0 Å². The Balaban J connectivity index is 1.59. The zero-order valence-electron chi connectivity index (χ0n) is 16.4. The third kappa shape index (κ3) is 3.42. The Morgan fingerprint density at radius 2 is 1.79 bits per heavy atom. The standard InChI is InChI=1S/C22H20N4O3/c1-13-19(14(2)29-25-13)12-23-21(27)16-8-10-17(11-9-16)26-15(3)24-20-7-5-4-6-18(20)22(26)28/h4-11H,12H2,1-3H3,(H,23,27). The number of rotatable bonds is 4. The quantitative estimate of drug-likeness (QED) is 0.580. The number of aryl methyl sites for hydroxylation is 3. The summed E-state index contributed by atoms with van der Waals surface area (Å²) in [6.45, 7) is 5.78. The SMILES string of the molecule is Cc1noc(C)c1CNC(=O)c1ccc(-n2c(C)nc3ccccc3c2=O)cc1. The number of amides is 1. The Labute approximate surface area is 167 Å². The molecule has 0 unspecified atom stereocenters.